The molecule has 1 N–H and O–H groups in total. The molecule has 0 saturated carbocycles. The number of carbonyl (C=O) groups excluding carboxylic acids is 1. The first-order valence-corrected chi connectivity index (χ1v) is 7.19. The molecule has 0 bridgehead atoms. The number of nitrogens with zero attached hydrogens (tertiary/aromatic N) is 2. The molecule has 5 nitrogen and oxygen atoms in total. The van der Waals surface area contributed by atoms with E-state index in [-0.39, 0.29) is 19.1 Å². The molecule has 1 heterocycles. The van der Waals surface area contributed by atoms with Crippen LogP contribution in [0, 0.1) is 0 Å². The Kier molecular flexibility index (Phi) is 5.91. The minimum absolute atomic E-state index is 0.0803. The second kappa shape index (κ2) is 8.14. The fourth-order valence-corrected chi connectivity index (χ4v) is 2.23. The fraction of sp³-hybridized carbons (Fsp3) is 0.294. The van der Waals surface area contributed by atoms with Crippen LogP contribution >= 0.6 is 0 Å². The van der Waals surface area contributed by atoms with E-state index in [9.17, 15) is 9.90 Å². The highest BCUT2D eigenvalue weighted by Gasteiger charge is 2.19. The molecule has 0 spiro atoms. The summed E-state index contributed by atoms with van der Waals surface area (Å²) in [7, 11) is 1.49. The number of aliphatic hydroxyl groups is 1. The molecule has 0 saturated heterocycles. The first-order chi connectivity index (χ1) is 10.8. The summed E-state index contributed by atoms with van der Waals surface area (Å²) in [6, 6.07) is 13.3. The van der Waals surface area contributed by atoms with Gasteiger partial charge in [-0.1, -0.05) is 30.3 Å². The van der Waals surface area contributed by atoms with Crippen molar-refractivity contribution in [2.45, 2.75) is 6.42 Å². The molecule has 2 rings (SSSR count). The van der Waals surface area contributed by atoms with Gasteiger partial charge in [-0.25, -0.2) is 4.98 Å². The average Bonchev–Trinajstić information content (AvgIpc) is 2.59. The van der Waals surface area contributed by atoms with Gasteiger partial charge in [0.15, 0.2) is 0 Å². The van der Waals surface area contributed by atoms with Crippen LogP contribution in [0.1, 0.15) is 15.9 Å². The number of methoxy groups -OCH3 is 1. The van der Waals surface area contributed by atoms with Gasteiger partial charge < -0.3 is 14.7 Å². The fourth-order valence-electron chi connectivity index (χ4n) is 2.23. The van der Waals surface area contributed by atoms with Gasteiger partial charge in [0.25, 0.3) is 5.91 Å². The number of aliphatic hydroxyl groups excluding tert-OH is 1. The average molecular weight is 300 g/mol. The van der Waals surface area contributed by atoms with Crippen molar-refractivity contribution in [3.8, 4) is 5.88 Å². The quantitative estimate of drug-likeness (QED) is 0.846. The minimum atomic E-state index is -0.185. The Hall–Kier alpha value is -2.40. The van der Waals surface area contributed by atoms with E-state index in [1.807, 2.05) is 30.3 Å². The number of ether oxygens (including phenoxy) is 1. The lowest BCUT2D eigenvalue weighted by Gasteiger charge is -2.22. The molecule has 5 heteroatoms. The summed E-state index contributed by atoms with van der Waals surface area (Å²) in [6.45, 7) is 0.730. The maximum Gasteiger partial charge on any atom is 0.259 e. The summed E-state index contributed by atoms with van der Waals surface area (Å²) < 4.78 is 5.14. The third kappa shape index (κ3) is 4.05. The summed E-state index contributed by atoms with van der Waals surface area (Å²) in [6.07, 6.45) is 2.31. The van der Waals surface area contributed by atoms with Crippen LogP contribution in [0.25, 0.3) is 0 Å². The van der Waals surface area contributed by atoms with Gasteiger partial charge in [0, 0.05) is 19.3 Å². The molecular weight excluding hydrogens is 280 g/mol. The zero-order valence-corrected chi connectivity index (χ0v) is 12.6. The number of benzene rings is 1. The van der Waals surface area contributed by atoms with Crippen LogP contribution in [0.3, 0.4) is 0 Å². The number of hydrogen-bond donors (Lipinski definition) is 1. The molecule has 0 aliphatic carbocycles. The van der Waals surface area contributed by atoms with Crippen molar-refractivity contribution in [2.75, 3.05) is 26.8 Å². The van der Waals surface area contributed by atoms with Crippen LogP contribution in [0.15, 0.2) is 48.7 Å². The van der Waals surface area contributed by atoms with Gasteiger partial charge in [0.2, 0.25) is 5.88 Å². The molecular formula is C17H20N2O3. The van der Waals surface area contributed by atoms with E-state index in [0.29, 0.717) is 18.0 Å². The summed E-state index contributed by atoms with van der Waals surface area (Å²) in [4.78, 5) is 18.3. The predicted molar refractivity (Wildman–Crippen MR) is 83.9 cm³/mol. The maximum absolute atomic E-state index is 12.6. The molecule has 1 aromatic heterocycles. The van der Waals surface area contributed by atoms with E-state index in [0.717, 1.165) is 12.0 Å². The van der Waals surface area contributed by atoms with Gasteiger partial charge in [-0.2, -0.15) is 0 Å². The molecule has 0 aliphatic heterocycles. The van der Waals surface area contributed by atoms with E-state index < -0.39 is 0 Å². The Balaban J connectivity index is 2.11. The van der Waals surface area contributed by atoms with Gasteiger partial charge in [-0.05, 0) is 24.1 Å². The zero-order chi connectivity index (χ0) is 15.8. The lowest BCUT2D eigenvalue weighted by Crippen LogP contribution is -2.35. The van der Waals surface area contributed by atoms with Gasteiger partial charge in [0.05, 0.1) is 13.7 Å². The number of hydrogen-bond acceptors (Lipinski definition) is 4. The van der Waals surface area contributed by atoms with Crippen LogP contribution in [-0.4, -0.2) is 47.7 Å². The number of carbonyl (C=O) groups is 1. The summed E-state index contributed by atoms with van der Waals surface area (Å²) in [5.41, 5.74) is 1.56. The topological polar surface area (TPSA) is 62.7 Å². The third-order valence-corrected chi connectivity index (χ3v) is 3.37. The second-order valence-corrected chi connectivity index (χ2v) is 4.81. The molecule has 116 valence electrons. The number of rotatable bonds is 7. The van der Waals surface area contributed by atoms with Crippen molar-refractivity contribution < 1.29 is 14.6 Å². The van der Waals surface area contributed by atoms with Crippen LogP contribution in [-0.2, 0) is 6.42 Å². The van der Waals surface area contributed by atoms with Crippen LogP contribution in [0.4, 0.5) is 0 Å². The molecule has 22 heavy (non-hydrogen) atoms. The summed E-state index contributed by atoms with van der Waals surface area (Å²) >= 11 is 0. The SMILES string of the molecule is COc1ncccc1C(=O)N(CCO)CCc1ccccc1. The number of amides is 1. The summed E-state index contributed by atoms with van der Waals surface area (Å²) in [5.74, 6) is 0.116. The Morgan fingerprint density at radius 1 is 1.18 bits per heavy atom. The first-order valence-electron chi connectivity index (χ1n) is 7.19. The first kappa shape index (κ1) is 16.0. The molecule has 1 amide bonds. The molecule has 2 aromatic rings. The third-order valence-electron chi connectivity index (χ3n) is 3.37. The largest absolute Gasteiger partial charge is 0.480 e. The van der Waals surface area contributed by atoms with Gasteiger partial charge in [-0.15, -0.1) is 0 Å². The van der Waals surface area contributed by atoms with Crippen molar-refractivity contribution >= 4 is 5.91 Å². The molecule has 1 aromatic carbocycles. The van der Waals surface area contributed by atoms with E-state index in [1.54, 1.807) is 23.2 Å². The smallest absolute Gasteiger partial charge is 0.259 e. The zero-order valence-electron chi connectivity index (χ0n) is 12.6. The lowest BCUT2D eigenvalue weighted by atomic mass is 10.1. The second-order valence-electron chi connectivity index (χ2n) is 4.81. The van der Waals surface area contributed by atoms with Crippen molar-refractivity contribution in [3.05, 3.63) is 59.8 Å². The van der Waals surface area contributed by atoms with Crippen LogP contribution in [0.5, 0.6) is 5.88 Å². The predicted octanol–water partition coefficient (Wildman–Crippen LogP) is 1.77. The molecule has 0 atom stereocenters. The molecule has 0 unspecified atom stereocenters. The van der Waals surface area contributed by atoms with E-state index in [1.165, 1.54) is 7.11 Å². The maximum atomic E-state index is 12.6. The Morgan fingerprint density at radius 3 is 2.64 bits per heavy atom. The van der Waals surface area contributed by atoms with Crippen LogP contribution in [0.2, 0.25) is 0 Å². The summed E-state index contributed by atoms with van der Waals surface area (Å²) in [5, 5.41) is 9.22. The Labute approximate surface area is 130 Å². The highest BCUT2D eigenvalue weighted by Crippen LogP contribution is 2.16. The minimum Gasteiger partial charge on any atom is -0.480 e. The highest BCUT2D eigenvalue weighted by atomic mass is 16.5. The van der Waals surface area contributed by atoms with Crippen molar-refractivity contribution in [1.29, 1.82) is 0 Å². The van der Waals surface area contributed by atoms with Crippen molar-refractivity contribution in [1.82, 2.24) is 9.88 Å². The number of aromatic nitrogens is 1. The van der Waals surface area contributed by atoms with E-state index >= 15 is 0 Å². The number of pyridine rings is 1. The lowest BCUT2D eigenvalue weighted by molar-refractivity contribution is 0.0719. The van der Waals surface area contributed by atoms with Gasteiger partial charge >= 0.3 is 0 Å². The van der Waals surface area contributed by atoms with E-state index in [2.05, 4.69) is 4.98 Å². The monoisotopic (exact) mass is 300 g/mol. The van der Waals surface area contributed by atoms with Crippen molar-refractivity contribution in [2.24, 2.45) is 0 Å². The standard InChI is InChI=1S/C17H20N2O3/c1-22-16-15(8-5-10-18-16)17(21)19(12-13-20)11-9-14-6-3-2-4-7-14/h2-8,10,20H,9,11-13H2,1H3. The Morgan fingerprint density at radius 2 is 1.95 bits per heavy atom. The molecule has 0 aliphatic rings. The van der Waals surface area contributed by atoms with Gasteiger partial charge in [-0.3, -0.25) is 4.79 Å². The van der Waals surface area contributed by atoms with Crippen LogP contribution < -0.4 is 4.74 Å². The van der Waals surface area contributed by atoms with Gasteiger partial charge in [0.1, 0.15) is 5.56 Å². The van der Waals surface area contributed by atoms with Crippen molar-refractivity contribution in [3.63, 3.8) is 0 Å². The molecule has 0 radical (unpaired) electrons. The highest BCUT2D eigenvalue weighted by molar-refractivity contribution is 5.96. The van der Waals surface area contributed by atoms with E-state index in [4.69, 9.17) is 4.74 Å². The normalized spacial score (nSPS) is 10.3. The Bertz CT molecular complexity index is 602. The molecule has 0 fully saturated rings.